The van der Waals surface area contributed by atoms with Crippen LogP contribution in [0.15, 0.2) is 72.8 Å². The summed E-state index contributed by atoms with van der Waals surface area (Å²) in [7, 11) is 0. The van der Waals surface area contributed by atoms with Crippen LogP contribution in [0.3, 0.4) is 0 Å². The maximum atomic E-state index is 13.6. The molecule has 1 atom stereocenters. The molecule has 0 spiro atoms. The fourth-order valence-corrected chi connectivity index (χ4v) is 4.42. The van der Waals surface area contributed by atoms with E-state index in [1.165, 1.54) is 24.3 Å². The molecule has 2 heterocycles. The fraction of sp³-hybridized carbons (Fsp3) is 0.214. The van der Waals surface area contributed by atoms with Crippen molar-refractivity contribution < 1.29 is 13.6 Å². The summed E-state index contributed by atoms with van der Waals surface area (Å²) in [6.07, 6.45) is 0.325. The lowest BCUT2D eigenvalue weighted by Crippen LogP contribution is -2.47. The van der Waals surface area contributed by atoms with Crippen LogP contribution in [0.2, 0.25) is 0 Å². The largest absolute Gasteiger partial charge is 0.340 e. The van der Waals surface area contributed by atoms with Gasteiger partial charge in [-0.2, -0.15) is 0 Å². The highest BCUT2D eigenvalue weighted by atomic mass is 19.1. The highest BCUT2D eigenvalue weighted by molar-refractivity contribution is 5.82. The summed E-state index contributed by atoms with van der Waals surface area (Å²) in [6, 6.07) is 19.5. The molecule has 6 nitrogen and oxygen atoms in total. The molecule has 0 radical (unpaired) electrons. The highest BCUT2D eigenvalue weighted by Gasteiger charge is 2.29. The van der Waals surface area contributed by atoms with Gasteiger partial charge in [-0.25, -0.2) is 13.8 Å². The van der Waals surface area contributed by atoms with Crippen molar-refractivity contribution in [2.45, 2.75) is 32.5 Å². The molecule has 0 saturated heterocycles. The lowest BCUT2D eigenvalue weighted by molar-refractivity contribution is -0.134. The van der Waals surface area contributed by atoms with E-state index in [9.17, 15) is 13.6 Å². The van der Waals surface area contributed by atoms with Crippen LogP contribution in [0, 0.1) is 18.6 Å². The van der Waals surface area contributed by atoms with Crippen molar-refractivity contribution in [3.05, 3.63) is 101 Å². The van der Waals surface area contributed by atoms with Gasteiger partial charge in [0.2, 0.25) is 5.91 Å². The van der Waals surface area contributed by atoms with Crippen molar-refractivity contribution in [1.29, 1.82) is 0 Å². The van der Waals surface area contributed by atoms with Crippen LogP contribution >= 0.6 is 0 Å². The Bertz CT molecular complexity index is 1370. The second-order valence-electron chi connectivity index (χ2n) is 9.07. The summed E-state index contributed by atoms with van der Waals surface area (Å²) < 4.78 is 28.9. The molecular formula is C28H27F2N5O. The molecule has 3 N–H and O–H groups in total. The number of rotatable bonds is 6. The average molecular weight is 488 g/mol. The summed E-state index contributed by atoms with van der Waals surface area (Å²) in [6.45, 7) is 3.35. The van der Waals surface area contributed by atoms with Crippen molar-refractivity contribution in [2.24, 2.45) is 5.73 Å². The topological polar surface area (TPSA) is 76.2 Å². The number of carbonyl (C=O) groups is 1. The third-order valence-electron chi connectivity index (χ3n) is 6.40. The Balaban J connectivity index is 1.41. The van der Waals surface area contributed by atoms with Crippen molar-refractivity contribution in [1.82, 2.24) is 14.5 Å². The van der Waals surface area contributed by atoms with Crippen LogP contribution in [0.4, 0.5) is 20.3 Å². The van der Waals surface area contributed by atoms with E-state index in [1.54, 1.807) is 29.2 Å². The van der Waals surface area contributed by atoms with Gasteiger partial charge in [0, 0.05) is 24.3 Å². The number of benzene rings is 3. The van der Waals surface area contributed by atoms with Gasteiger partial charge in [-0.3, -0.25) is 4.79 Å². The minimum absolute atomic E-state index is 0.176. The monoisotopic (exact) mass is 487 g/mol. The summed E-state index contributed by atoms with van der Waals surface area (Å²) in [5, 5.41) is 3.47. The molecule has 3 aromatic carbocycles. The Hall–Kier alpha value is -4.04. The summed E-state index contributed by atoms with van der Waals surface area (Å²) >= 11 is 0. The van der Waals surface area contributed by atoms with Gasteiger partial charge in [0.25, 0.3) is 0 Å². The van der Waals surface area contributed by atoms with Gasteiger partial charge in [0.05, 0.1) is 12.6 Å². The Labute approximate surface area is 208 Å². The molecule has 0 fully saturated rings. The predicted molar refractivity (Wildman–Crippen MR) is 136 cm³/mol. The lowest BCUT2D eigenvalue weighted by atomic mass is 10.1. The first-order valence-corrected chi connectivity index (χ1v) is 11.9. The highest BCUT2D eigenvalue weighted by Crippen LogP contribution is 2.33. The Kier molecular flexibility index (Phi) is 6.52. The van der Waals surface area contributed by atoms with E-state index in [1.807, 2.05) is 31.2 Å². The molecule has 1 amide bonds. The predicted octanol–water partition coefficient (Wildman–Crippen LogP) is 4.79. The third-order valence-corrected chi connectivity index (χ3v) is 6.40. The number of hydrogen-bond donors (Lipinski definition) is 2. The van der Waals surface area contributed by atoms with Gasteiger partial charge in [0.15, 0.2) is 0 Å². The van der Waals surface area contributed by atoms with Gasteiger partial charge in [-0.1, -0.05) is 29.8 Å². The van der Waals surface area contributed by atoms with E-state index in [-0.39, 0.29) is 17.5 Å². The molecule has 184 valence electrons. The van der Waals surface area contributed by atoms with Crippen molar-refractivity contribution in [3.63, 3.8) is 0 Å². The van der Waals surface area contributed by atoms with Gasteiger partial charge in [0.1, 0.15) is 29.0 Å². The number of aromatic nitrogens is 2. The normalized spacial score (nSPS) is 13.8. The zero-order valence-corrected chi connectivity index (χ0v) is 19.9. The number of nitrogens with two attached hydrogens (primary N) is 1. The number of carbonyl (C=O) groups excluding carboxylic acids is 1. The van der Waals surface area contributed by atoms with Gasteiger partial charge in [-0.05, 0) is 67.4 Å². The minimum Gasteiger partial charge on any atom is -0.340 e. The molecular weight excluding hydrogens is 460 g/mol. The van der Waals surface area contributed by atoms with Crippen LogP contribution in [-0.4, -0.2) is 32.9 Å². The third kappa shape index (κ3) is 4.99. The number of nitrogens with zero attached hydrogens (tertiary/aromatic N) is 3. The summed E-state index contributed by atoms with van der Waals surface area (Å²) in [4.78, 5) is 19.7. The van der Waals surface area contributed by atoms with Crippen LogP contribution < -0.4 is 11.1 Å². The lowest BCUT2D eigenvalue weighted by Gasteiger charge is -2.30. The zero-order valence-electron chi connectivity index (χ0n) is 19.9. The Morgan fingerprint density at radius 1 is 0.972 bits per heavy atom. The molecule has 4 aromatic rings. The summed E-state index contributed by atoms with van der Waals surface area (Å²) in [5.74, 6) is 0.696. The second-order valence-corrected chi connectivity index (χ2v) is 9.07. The van der Waals surface area contributed by atoms with E-state index in [0.717, 1.165) is 34.0 Å². The number of aryl methyl sites for hydroxylation is 1. The molecule has 0 aliphatic carbocycles. The van der Waals surface area contributed by atoms with Gasteiger partial charge in [-0.15, -0.1) is 0 Å². The summed E-state index contributed by atoms with van der Waals surface area (Å²) in [5.41, 5.74) is 10.6. The fourth-order valence-electron chi connectivity index (χ4n) is 4.42. The second kappa shape index (κ2) is 9.91. The number of anilines is 2. The quantitative estimate of drug-likeness (QED) is 0.410. The smallest absolute Gasteiger partial charge is 0.240 e. The van der Waals surface area contributed by atoms with Crippen LogP contribution in [0.1, 0.15) is 17.0 Å². The molecule has 36 heavy (non-hydrogen) atoms. The maximum absolute atomic E-state index is 13.6. The number of fused-ring (bicyclic) bond motifs is 1. The average Bonchev–Trinajstić information content (AvgIpc) is 3.24. The Morgan fingerprint density at radius 3 is 2.28 bits per heavy atom. The van der Waals surface area contributed by atoms with Crippen molar-refractivity contribution >= 4 is 17.4 Å². The van der Waals surface area contributed by atoms with E-state index < -0.39 is 6.04 Å². The maximum Gasteiger partial charge on any atom is 0.240 e. The molecule has 1 aliphatic heterocycles. The Morgan fingerprint density at radius 2 is 1.61 bits per heavy atom. The molecule has 1 aliphatic rings. The minimum atomic E-state index is -0.737. The molecule has 8 heteroatoms. The number of nitrogens with one attached hydrogen (secondary N) is 1. The first-order chi connectivity index (χ1) is 17.4. The van der Waals surface area contributed by atoms with Crippen molar-refractivity contribution in [2.75, 3.05) is 11.9 Å². The van der Waals surface area contributed by atoms with E-state index >= 15 is 0 Å². The molecule has 5 rings (SSSR count). The SMILES string of the molecule is Cc1ccc(Nc2c(-c3ccc(F)cc3)nc3n2CCN(C(=O)[C@@H](N)Cc2ccc(F)cc2)C3)cc1. The molecule has 0 bridgehead atoms. The van der Waals surface area contributed by atoms with Crippen LogP contribution in [0.5, 0.6) is 0 Å². The molecule has 1 aromatic heterocycles. The van der Waals surface area contributed by atoms with Crippen molar-refractivity contribution in [3.8, 4) is 11.3 Å². The number of imidazole rings is 1. The van der Waals surface area contributed by atoms with Crippen LogP contribution in [0.25, 0.3) is 11.3 Å². The first-order valence-electron chi connectivity index (χ1n) is 11.9. The first kappa shape index (κ1) is 23.7. The molecule has 0 saturated carbocycles. The van der Waals surface area contributed by atoms with E-state index in [4.69, 9.17) is 10.7 Å². The molecule has 0 unspecified atom stereocenters. The van der Waals surface area contributed by atoms with E-state index in [0.29, 0.717) is 31.7 Å². The van der Waals surface area contributed by atoms with Crippen LogP contribution in [-0.2, 0) is 24.3 Å². The number of halogens is 2. The standard InChI is InChI=1S/C28H27F2N5O/c1-18-2-12-23(13-3-18)32-27-26(20-6-10-22(30)11-7-20)33-25-17-34(14-15-35(25)27)28(36)24(31)16-19-4-8-21(29)9-5-19/h2-13,24,32H,14-17,31H2,1H3/t24-/m0/s1. The van der Waals surface area contributed by atoms with Gasteiger partial charge < -0.3 is 20.5 Å². The number of amides is 1. The van der Waals surface area contributed by atoms with Gasteiger partial charge >= 0.3 is 0 Å². The number of hydrogen-bond acceptors (Lipinski definition) is 4. The zero-order chi connectivity index (χ0) is 25.2. The van der Waals surface area contributed by atoms with E-state index in [2.05, 4.69) is 9.88 Å².